The average Bonchev–Trinajstić information content (AvgIpc) is 2.87. The first-order valence-corrected chi connectivity index (χ1v) is 13.7. The monoisotopic (exact) mass is 533 g/mol. The van der Waals surface area contributed by atoms with Gasteiger partial charge in [-0.2, -0.15) is 4.31 Å². The molecule has 0 bridgehead atoms. The third-order valence-electron chi connectivity index (χ3n) is 5.26. The largest absolute Gasteiger partial charge is 0.493 e. The third kappa shape index (κ3) is 6.82. The van der Waals surface area contributed by atoms with E-state index >= 15 is 0 Å². The lowest BCUT2D eigenvalue weighted by atomic mass is 10.2. The first-order chi connectivity index (χ1) is 17.0. The summed E-state index contributed by atoms with van der Waals surface area (Å²) in [4.78, 5) is 12.7. The van der Waals surface area contributed by atoms with E-state index in [9.17, 15) is 21.6 Å². The fourth-order valence-corrected chi connectivity index (χ4v) is 5.27. The fourth-order valence-electron chi connectivity index (χ4n) is 3.35. The molecule has 0 aromatic heterocycles. The maximum Gasteiger partial charge on any atom is 0.243 e. The second-order valence-corrected chi connectivity index (χ2v) is 11.2. The molecule has 3 rings (SSSR count). The van der Waals surface area contributed by atoms with Crippen molar-refractivity contribution in [2.45, 2.75) is 22.9 Å². The summed E-state index contributed by atoms with van der Waals surface area (Å²) in [5, 5.41) is 7.76. The molecule has 0 aliphatic carbocycles. The Morgan fingerprint density at radius 2 is 1.44 bits per heavy atom. The van der Waals surface area contributed by atoms with Crippen LogP contribution in [0.5, 0.6) is 11.5 Å². The van der Waals surface area contributed by atoms with Crippen LogP contribution in [0, 0.1) is 0 Å². The summed E-state index contributed by atoms with van der Waals surface area (Å²) in [6.07, 6.45) is 0. The molecule has 0 spiro atoms. The molecule has 10 nitrogen and oxygen atoms in total. The second-order valence-electron chi connectivity index (χ2n) is 7.74. The summed E-state index contributed by atoms with van der Waals surface area (Å²) in [5.74, 6) is 0.0772. The Hall–Kier alpha value is -3.45. The topological polar surface area (TPSA) is 145 Å². The number of nitrogens with two attached hydrogens (primary N) is 1. The number of sulfonamides is 2. The number of rotatable bonds is 11. The van der Waals surface area contributed by atoms with Crippen molar-refractivity contribution in [1.29, 1.82) is 0 Å². The highest BCUT2D eigenvalue weighted by Gasteiger charge is 2.28. The highest BCUT2D eigenvalue weighted by atomic mass is 32.2. The highest BCUT2D eigenvalue weighted by Crippen LogP contribution is 2.31. The molecular formula is C24H27N3O7S2. The number of carbonyl (C=O) groups excluding carboxylic acids is 1. The Kier molecular flexibility index (Phi) is 8.69. The van der Waals surface area contributed by atoms with Crippen LogP contribution in [-0.4, -0.2) is 47.8 Å². The number of amides is 1. The van der Waals surface area contributed by atoms with Gasteiger partial charge in [-0.15, -0.1) is 0 Å². The number of benzene rings is 3. The molecule has 12 heteroatoms. The van der Waals surface area contributed by atoms with Crippen LogP contribution in [-0.2, 0) is 37.9 Å². The average molecular weight is 534 g/mol. The lowest BCUT2D eigenvalue weighted by Crippen LogP contribution is -2.40. The zero-order chi connectivity index (χ0) is 26.3. The van der Waals surface area contributed by atoms with Crippen molar-refractivity contribution in [1.82, 2.24) is 9.62 Å². The fraction of sp³-hybridized carbons (Fsp3) is 0.208. The summed E-state index contributed by atoms with van der Waals surface area (Å²) in [6.45, 7) is -0.409. The van der Waals surface area contributed by atoms with Crippen LogP contribution in [0.4, 0.5) is 0 Å². The molecule has 0 saturated heterocycles. The van der Waals surface area contributed by atoms with Gasteiger partial charge in [0.05, 0.1) is 30.6 Å². The molecule has 0 aliphatic rings. The molecular weight excluding hydrogens is 506 g/mol. The number of hydrogen-bond acceptors (Lipinski definition) is 7. The van der Waals surface area contributed by atoms with E-state index in [1.165, 1.54) is 56.7 Å². The Labute approximate surface area is 210 Å². The number of hydrogen-bond donors (Lipinski definition) is 2. The molecule has 36 heavy (non-hydrogen) atoms. The minimum absolute atomic E-state index is 0.0337. The van der Waals surface area contributed by atoms with Crippen molar-refractivity contribution in [3.8, 4) is 11.5 Å². The maximum atomic E-state index is 13.5. The van der Waals surface area contributed by atoms with E-state index in [1.807, 2.05) is 6.07 Å². The van der Waals surface area contributed by atoms with Gasteiger partial charge in [0.15, 0.2) is 11.5 Å². The van der Waals surface area contributed by atoms with E-state index in [0.717, 1.165) is 4.31 Å². The molecule has 192 valence electrons. The standard InChI is InChI=1S/C24H27N3O7S2/c1-33-22-13-12-21(14-23(22)34-2)36(31,32)27(16-19-6-4-3-5-7-19)17-24(28)26-15-18-8-10-20(11-9-18)35(25,29)30/h3-14H,15-17H2,1-2H3,(H,26,28)(H2,25,29,30). The van der Waals surface area contributed by atoms with Crippen LogP contribution in [0.15, 0.2) is 82.6 Å². The molecule has 0 fully saturated rings. The van der Waals surface area contributed by atoms with Crippen LogP contribution in [0.3, 0.4) is 0 Å². The van der Waals surface area contributed by atoms with Crippen LogP contribution < -0.4 is 19.9 Å². The van der Waals surface area contributed by atoms with Crippen LogP contribution >= 0.6 is 0 Å². The van der Waals surface area contributed by atoms with E-state index < -0.39 is 32.5 Å². The first-order valence-electron chi connectivity index (χ1n) is 10.7. The molecule has 1 amide bonds. The van der Waals surface area contributed by atoms with Gasteiger partial charge >= 0.3 is 0 Å². The van der Waals surface area contributed by atoms with E-state index in [2.05, 4.69) is 5.32 Å². The SMILES string of the molecule is COc1ccc(S(=O)(=O)N(CC(=O)NCc2ccc(S(N)(=O)=O)cc2)Cc2ccccc2)cc1OC. The Bertz CT molecular complexity index is 1410. The van der Waals surface area contributed by atoms with Gasteiger partial charge in [0.2, 0.25) is 26.0 Å². The van der Waals surface area contributed by atoms with Gasteiger partial charge in [-0.3, -0.25) is 4.79 Å². The van der Waals surface area contributed by atoms with Crippen molar-refractivity contribution in [2.24, 2.45) is 5.14 Å². The normalized spacial score (nSPS) is 11.8. The van der Waals surface area contributed by atoms with E-state index in [4.69, 9.17) is 14.6 Å². The van der Waals surface area contributed by atoms with Gasteiger partial charge in [0.1, 0.15) is 0 Å². The first kappa shape index (κ1) is 27.1. The predicted octanol–water partition coefficient (Wildman–Crippen LogP) is 1.86. The molecule has 3 aromatic carbocycles. The van der Waals surface area contributed by atoms with Crippen LogP contribution in [0.1, 0.15) is 11.1 Å². The van der Waals surface area contributed by atoms with E-state index in [1.54, 1.807) is 24.3 Å². The van der Waals surface area contributed by atoms with Gasteiger partial charge < -0.3 is 14.8 Å². The van der Waals surface area contributed by atoms with Gasteiger partial charge in [0, 0.05) is 19.2 Å². The zero-order valence-electron chi connectivity index (χ0n) is 19.7. The van der Waals surface area contributed by atoms with Crippen molar-refractivity contribution in [3.05, 3.63) is 83.9 Å². The highest BCUT2D eigenvalue weighted by molar-refractivity contribution is 7.89. The summed E-state index contributed by atoms with van der Waals surface area (Å²) in [7, 11) is -5.08. The van der Waals surface area contributed by atoms with Crippen molar-refractivity contribution in [2.75, 3.05) is 20.8 Å². The van der Waals surface area contributed by atoms with Gasteiger partial charge in [-0.1, -0.05) is 42.5 Å². The number of nitrogens with one attached hydrogen (secondary N) is 1. The summed E-state index contributed by atoms with van der Waals surface area (Å²) in [6, 6.07) is 18.8. The maximum absolute atomic E-state index is 13.5. The molecule has 3 aromatic rings. The van der Waals surface area contributed by atoms with E-state index in [-0.39, 0.29) is 28.6 Å². The lowest BCUT2D eigenvalue weighted by Gasteiger charge is -2.22. The molecule has 0 saturated carbocycles. The number of ether oxygens (including phenoxy) is 2. The predicted molar refractivity (Wildman–Crippen MR) is 133 cm³/mol. The smallest absolute Gasteiger partial charge is 0.243 e. The van der Waals surface area contributed by atoms with Gasteiger partial charge in [0.25, 0.3) is 0 Å². The Morgan fingerprint density at radius 1 is 0.833 bits per heavy atom. The minimum Gasteiger partial charge on any atom is -0.493 e. The molecule has 0 atom stereocenters. The number of methoxy groups -OCH3 is 2. The summed E-state index contributed by atoms with van der Waals surface area (Å²) in [5.41, 5.74) is 1.32. The van der Waals surface area contributed by atoms with E-state index in [0.29, 0.717) is 16.9 Å². The van der Waals surface area contributed by atoms with Crippen molar-refractivity contribution >= 4 is 26.0 Å². The molecule has 0 unspecified atom stereocenters. The van der Waals surface area contributed by atoms with Crippen molar-refractivity contribution in [3.63, 3.8) is 0 Å². The third-order valence-corrected chi connectivity index (χ3v) is 7.97. The lowest BCUT2D eigenvalue weighted by molar-refractivity contribution is -0.121. The zero-order valence-corrected chi connectivity index (χ0v) is 21.4. The Morgan fingerprint density at radius 3 is 2.03 bits per heavy atom. The Balaban J connectivity index is 1.81. The van der Waals surface area contributed by atoms with Gasteiger partial charge in [-0.05, 0) is 35.4 Å². The summed E-state index contributed by atoms with van der Waals surface area (Å²) < 4.78 is 61.3. The molecule has 0 radical (unpaired) electrons. The van der Waals surface area contributed by atoms with Crippen LogP contribution in [0.25, 0.3) is 0 Å². The number of nitrogens with zero attached hydrogens (tertiary/aromatic N) is 1. The number of primary sulfonamides is 1. The number of carbonyl (C=O) groups is 1. The second kappa shape index (κ2) is 11.5. The molecule has 3 N–H and O–H groups in total. The van der Waals surface area contributed by atoms with Gasteiger partial charge in [-0.25, -0.2) is 22.0 Å². The minimum atomic E-state index is -4.10. The van der Waals surface area contributed by atoms with Crippen molar-refractivity contribution < 1.29 is 31.1 Å². The summed E-state index contributed by atoms with van der Waals surface area (Å²) >= 11 is 0. The van der Waals surface area contributed by atoms with Crippen LogP contribution in [0.2, 0.25) is 0 Å². The quantitative estimate of drug-likeness (QED) is 0.383. The molecule has 0 aliphatic heterocycles. The molecule has 0 heterocycles.